The Balaban J connectivity index is 1.79. The molecule has 6 nitrogen and oxygen atoms in total. The molecular weight excluding hydrogens is 284 g/mol. The van der Waals surface area contributed by atoms with Gasteiger partial charge in [-0.25, -0.2) is 4.79 Å². The molecule has 0 bridgehead atoms. The zero-order valence-corrected chi connectivity index (χ0v) is 11.3. The van der Waals surface area contributed by atoms with Crippen molar-refractivity contribution in [2.75, 3.05) is 11.9 Å². The lowest BCUT2D eigenvalue weighted by Gasteiger charge is -2.10. The number of amides is 2. The van der Waals surface area contributed by atoms with Crippen molar-refractivity contribution >= 4 is 35.1 Å². The summed E-state index contributed by atoms with van der Waals surface area (Å²) in [5, 5.41) is 5.40. The van der Waals surface area contributed by atoms with Gasteiger partial charge in [0.15, 0.2) is 6.61 Å². The van der Waals surface area contributed by atoms with Gasteiger partial charge in [0.25, 0.3) is 5.91 Å². The lowest BCUT2D eigenvalue weighted by atomic mass is 10.2. The average Bonchev–Trinajstić information content (AvgIpc) is 2.85. The molecule has 1 fully saturated rings. The van der Waals surface area contributed by atoms with Crippen LogP contribution in [0.4, 0.5) is 5.69 Å². The van der Waals surface area contributed by atoms with E-state index in [0.29, 0.717) is 23.6 Å². The first-order chi connectivity index (χ1) is 9.56. The molecule has 1 aliphatic heterocycles. The first-order valence-electron chi connectivity index (χ1n) is 6.06. The third kappa shape index (κ3) is 3.71. The van der Waals surface area contributed by atoms with Crippen LogP contribution in [-0.2, 0) is 19.1 Å². The largest absolute Gasteiger partial charge is 0.454 e. The van der Waals surface area contributed by atoms with Crippen LogP contribution in [0.2, 0.25) is 5.02 Å². The molecule has 1 saturated heterocycles. The molecule has 106 valence electrons. The van der Waals surface area contributed by atoms with Gasteiger partial charge in [0.1, 0.15) is 6.04 Å². The summed E-state index contributed by atoms with van der Waals surface area (Å²) in [7, 11) is 0. The molecule has 0 unspecified atom stereocenters. The van der Waals surface area contributed by atoms with Crippen molar-refractivity contribution in [1.29, 1.82) is 0 Å². The summed E-state index contributed by atoms with van der Waals surface area (Å²) >= 11 is 5.88. The number of ether oxygens (including phenoxy) is 1. The highest BCUT2D eigenvalue weighted by atomic mass is 35.5. The Labute approximate surface area is 120 Å². The quantitative estimate of drug-likeness (QED) is 0.815. The molecule has 1 aliphatic rings. The molecule has 1 heterocycles. The van der Waals surface area contributed by atoms with E-state index in [4.69, 9.17) is 16.3 Å². The van der Waals surface area contributed by atoms with E-state index >= 15 is 0 Å². The van der Waals surface area contributed by atoms with Crippen molar-refractivity contribution in [3.05, 3.63) is 29.3 Å². The molecule has 2 rings (SSSR count). The lowest BCUT2D eigenvalue weighted by molar-refractivity contribution is -0.149. The number of benzene rings is 1. The van der Waals surface area contributed by atoms with Crippen LogP contribution in [0.1, 0.15) is 12.8 Å². The Morgan fingerprint density at radius 2 is 2.15 bits per heavy atom. The minimum atomic E-state index is -0.657. The van der Waals surface area contributed by atoms with Crippen molar-refractivity contribution in [3.8, 4) is 0 Å². The number of hydrogen-bond acceptors (Lipinski definition) is 4. The number of nitrogens with one attached hydrogen (secondary N) is 2. The lowest BCUT2D eigenvalue weighted by Crippen LogP contribution is -2.36. The molecule has 1 aromatic rings. The van der Waals surface area contributed by atoms with Crippen molar-refractivity contribution in [2.24, 2.45) is 0 Å². The molecule has 0 radical (unpaired) electrons. The summed E-state index contributed by atoms with van der Waals surface area (Å²) in [5.41, 5.74) is 0.449. The Morgan fingerprint density at radius 1 is 1.40 bits per heavy atom. The molecular formula is C13H13ClN2O4. The molecule has 2 N–H and O–H groups in total. The highest BCUT2D eigenvalue weighted by Gasteiger charge is 2.28. The molecule has 0 spiro atoms. The number of carbonyl (C=O) groups is 3. The summed E-state index contributed by atoms with van der Waals surface area (Å²) in [6, 6.07) is 6.08. The van der Waals surface area contributed by atoms with E-state index in [-0.39, 0.29) is 5.91 Å². The van der Waals surface area contributed by atoms with Crippen LogP contribution < -0.4 is 10.6 Å². The van der Waals surface area contributed by atoms with Crippen LogP contribution in [0, 0.1) is 0 Å². The summed E-state index contributed by atoms with van der Waals surface area (Å²) in [4.78, 5) is 34.1. The first kappa shape index (κ1) is 14.3. The second-order valence-corrected chi connectivity index (χ2v) is 4.70. The number of carbonyl (C=O) groups excluding carboxylic acids is 3. The van der Waals surface area contributed by atoms with E-state index in [2.05, 4.69) is 10.6 Å². The molecule has 2 amide bonds. The standard InChI is InChI=1S/C13H13ClN2O4/c14-8-3-1-2-4-9(8)15-12(18)7-20-13(19)10-5-6-11(17)16-10/h1-4,10H,5-7H2,(H,15,18)(H,16,17)/t10-/m0/s1. The number of hydrogen-bond donors (Lipinski definition) is 2. The third-order valence-corrected chi connectivity index (χ3v) is 3.10. The third-order valence-electron chi connectivity index (χ3n) is 2.77. The highest BCUT2D eigenvalue weighted by molar-refractivity contribution is 6.33. The van der Waals surface area contributed by atoms with Crippen LogP contribution in [0.15, 0.2) is 24.3 Å². The molecule has 1 aromatic carbocycles. The first-order valence-corrected chi connectivity index (χ1v) is 6.44. The minimum absolute atomic E-state index is 0.188. The smallest absolute Gasteiger partial charge is 0.329 e. The summed E-state index contributed by atoms with van der Waals surface area (Å²) in [6.45, 7) is -0.420. The van der Waals surface area contributed by atoms with Crippen molar-refractivity contribution in [1.82, 2.24) is 5.32 Å². The molecule has 0 aliphatic carbocycles. The van der Waals surface area contributed by atoms with E-state index in [9.17, 15) is 14.4 Å². The second kappa shape index (κ2) is 6.38. The Kier molecular flexibility index (Phi) is 4.57. The van der Waals surface area contributed by atoms with Gasteiger partial charge in [0, 0.05) is 6.42 Å². The van der Waals surface area contributed by atoms with E-state index in [1.54, 1.807) is 24.3 Å². The van der Waals surface area contributed by atoms with Crippen LogP contribution in [0.25, 0.3) is 0 Å². The van der Waals surface area contributed by atoms with E-state index in [0.717, 1.165) is 0 Å². The maximum Gasteiger partial charge on any atom is 0.329 e. The molecule has 1 atom stereocenters. The van der Waals surface area contributed by atoms with Crippen LogP contribution in [0.5, 0.6) is 0 Å². The number of halogens is 1. The SMILES string of the molecule is O=C(COC(=O)[C@@H]1CCC(=O)N1)Nc1ccccc1Cl. The Hall–Kier alpha value is -2.08. The second-order valence-electron chi connectivity index (χ2n) is 4.29. The Morgan fingerprint density at radius 3 is 2.80 bits per heavy atom. The van der Waals surface area contributed by atoms with Crippen molar-refractivity contribution in [3.63, 3.8) is 0 Å². The van der Waals surface area contributed by atoms with Crippen LogP contribution in [0.3, 0.4) is 0 Å². The summed E-state index contributed by atoms with van der Waals surface area (Å²) in [6.07, 6.45) is 0.690. The van der Waals surface area contributed by atoms with Gasteiger partial charge in [-0.3, -0.25) is 9.59 Å². The fourth-order valence-corrected chi connectivity index (χ4v) is 1.96. The predicted molar refractivity (Wildman–Crippen MR) is 72.2 cm³/mol. The van der Waals surface area contributed by atoms with E-state index < -0.39 is 24.5 Å². The van der Waals surface area contributed by atoms with Gasteiger partial charge < -0.3 is 15.4 Å². The van der Waals surface area contributed by atoms with Crippen LogP contribution in [-0.4, -0.2) is 30.4 Å². The summed E-state index contributed by atoms with van der Waals surface area (Å²) < 4.78 is 4.84. The number of para-hydroxylation sites is 1. The van der Waals surface area contributed by atoms with Gasteiger partial charge >= 0.3 is 5.97 Å². The molecule has 7 heteroatoms. The fourth-order valence-electron chi connectivity index (χ4n) is 1.78. The minimum Gasteiger partial charge on any atom is -0.454 e. The van der Waals surface area contributed by atoms with Gasteiger partial charge in [-0.05, 0) is 18.6 Å². The normalized spacial score (nSPS) is 17.4. The van der Waals surface area contributed by atoms with Gasteiger partial charge in [0.2, 0.25) is 5.91 Å². The zero-order chi connectivity index (χ0) is 14.5. The van der Waals surface area contributed by atoms with Gasteiger partial charge in [-0.15, -0.1) is 0 Å². The topological polar surface area (TPSA) is 84.5 Å². The highest BCUT2D eigenvalue weighted by Crippen LogP contribution is 2.20. The van der Waals surface area contributed by atoms with Gasteiger partial charge in [-0.2, -0.15) is 0 Å². The van der Waals surface area contributed by atoms with Crippen molar-refractivity contribution < 1.29 is 19.1 Å². The van der Waals surface area contributed by atoms with Crippen molar-refractivity contribution in [2.45, 2.75) is 18.9 Å². The van der Waals surface area contributed by atoms with Crippen LogP contribution >= 0.6 is 11.6 Å². The number of rotatable bonds is 4. The predicted octanol–water partition coefficient (Wildman–Crippen LogP) is 1.10. The number of esters is 1. The van der Waals surface area contributed by atoms with E-state index in [1.165, 1.54) is 0 Å². The Bertz CT molecular complexity index is 547. The van der Waals surface area contributed by atoms with Gasteiger partial charge in [-0.1, -0.05) is 23.7 Å². The van der Waals surface area contributed by atoms with Gasteiger partial charge in [0.05, 0.1) is 10.7 Å². The molecule has 0 aromatic heterocycles. The summed E-state index contributed by atoms with van der Waals surface area (Å²) in [5.74, 6) is -1.28. The maximum absolute atomic E-state index is 11.6. The zero-order valence-electron chi connectivity index (χ0n) is 10.5. The molecule has 20 heavy (non-hydrogen) atoms. The monoisotopic (exact) mass is 296 g/mol. The fraction of sp³-hybridized carbons (Fsp3) is 0.308. The number of anilines is 1. The maximum atomic E-state index is 11.6. The average molecular weight is 297 g/mol. The molecule has 0 saturated carbocycles. The van der Waals surface area contributed by atoms with E-state index in [1.807, 2.05) is 0 Å².